The SMILES string of the molecule is Cc1ccc(C)c(S(=O)(=O)N2CCCC(C(=O)N(C)c3ccccc3)C2)c1. The van der Waals surface area contributed by atoms with Gasteiger partial charge in [-0.25, -0.2) is 8.42 Å². The van der Waals surface area contributed by atoms with Crippen molar-refractivity contribution in [3.8, 4) is 0 Å². The van der Waals surface area contributed by atoms with Crippen LogP contribution in [0.25, 0.3) is 0 Å². The van der Waals surface area contributed by atoms with Gasteiger partial charge in [-0.15, -0.1) is 0 Å². The first kappa shape index (κ1) is 19.6. The zero-order valence-electron chi connectivity index (χ0n) is 16.1. The highest BCUT2D eigenvalue weighted by atomic mass is 32.2. The number of sulfonamides is 1. The number of benzene rings is 2. The van der Waals surface area contributed by atoms with E-state index in [1.807, 2.05) is 56.3 Å². The Hall–Kier alpha value is -2.18. The molecule has 1 aliphatic rings. The number of hydrogen-bond acceptors (Lipinski definition) is 3. The first-order chi connectivity index (χ1) is 12.8. The van der Waals surface area contributed by atoms with Crippen LogP contribution >= 0.6 is 0 Å². The predicted molar refractivity (Wildman–Crippen MR) is 107 cm³/mol. The molecule has 27 heavy (non-hydrogen) atoms. The van der Waals surface area contributed by atoms with Crippen LogP contribution in [0.15, 0.2) is 53.4 Å². The lowest BCUT2D eigenvalue weighted by molar-refractivity contribution is -0.123. The lowest BCUT2D eigenvalue weighted by atomic mass is 9.98. The van der Waals surface area contributed by atoms with Crippen LogP contribution in [0.2, 0.25) is 0 Å². The molecule has 1 saturated heterocycles. The zero-order chi connectivity index (χ0) is 19.6. The lowest BCUT2D eigenvalue weighted by Crippen LogP contribution is -2.46. The van der Waals surface area contributed by atoms with Gasteiger partial charge in [-0.3, -0.25) is 4.79 Å². The van der Waals surface area contributed by atoms with E-state index < -0.39 is 10.0 Å². The van der Waals surface area contributed by atoms with Crippen LogP contribution in [-0.4, -0.2) is 38.8 Å². The number of nitrogens with zero attached hydrogens (tertiary/aromatic N) is 2. The average Bonchev–Trinajstić information content (AvgIpc) is 2.69. The summed E-state index contributed by atoms with van der Waals surface area (Å²) in [6.07, 6.45) is 1.39. The van der Waals surface area contributed by atoms with Crippen LogP contribution < -0.4 is 4.90 Å². The fourth-order valence-electron chi connectivity index (χ4n) is 3.54. The first-order valence-corrected chi connectivity index (χ1v) is 10.6. The highest BCUT2D eigenvalue weighted by Gasteiger charge is 2.35. The molecule has 0 aromatic heterocycles. The lowest BCUT2D eigenvalue weighted by Gasteiger charge is -2.33. The van der Waals surface area contributed by atoms with Gasteiger partial charge in [-0.1, -0.05) is 30.3 Å². The highest BCUT2D eigenvalue weighted by Crippen LogP contribution is 2.28. The number of rotatable bonds is 4. The Balaban J connectivity index is 1.81. The van der Waals surface area contributed by atoms with Gasteiger partial charge in [0.2, 0.25) is 15.9 Å². The van der Waals surface area contributed by atoms with Gasteiger partial charge < -0.3 is 4.90 Å². The van der Waals surface area contributed by atoms with Crippen LogP contribution in [-0.2, 0) is 14.8 Å². The van der Waals surface area contributed by atoms with E-state index in [2.05, 4.69) is 0 Å². The molecule has 1 atom stereocenters. The van der Waals surface area contributed by atoms with Crippen LogP contribution in [0.3, 0.4) is 0 Å². The number of piperidine rings is 1. The molecule has 0 aliphatic carbocycles. The van der Waals surface area contributed by atoms with E-state index in [-0.39, 0.29) is 18.4 Å². The molecule has 0 spiro atoms. The molecule has 1 aliphatic heterocycles. The Morgan fingerprint density at radius 1 is 1.11 bits per heavy atom. The van der Waals surface area contributed by atoms with E-state index in [0.29, 0.717) is 24.3 Å². The summed E-state index contributed by atoms with van der Waals surface area (Å²) in [6.45, 7) is 4.37. The molecule has 3 rings (SSSR count). The van der Waals surface area contributed by atoms with Crippen molar-refractivity contribution in [2.45, 2.75) is 31.6 Å². The molecule has 5 nitrogen and oxygen atoms in total. The Morgan fingerprint density at radius 2 is 1.81 bits per heavy atom. The Labute approximate surface area is 161 Å². The number of carbonyl (C=O) groups excluding carboxylic acids is 1. The molecule has 0 saturated carbocycles. The molecule has 1 fully saturated rings. The van der Waals surface area contributed by atoms with Crippen LogP contribution in [0, 0.1) is 19.8 Å². The van der Waals surface area contributed by atoms with Crippen molar-refractivity contribution < 1.29 is 13.2 Å². The smallest absolute Gasteiger partial charge is 0.243 e. The topological polar surface area (TPSA) is 57.7 Å². The van der Waals surface area contributed by atoms with E-state index in [1.54, 1.807) is 18.0 Å². The number of amides is 1. The van der Waals surface area contributed by atoms with E-state index >= 15 is 0 Å². The quantitative estimate of drug-likeness (QED) is 0.810. The molecule has 1 unspecified atom stereocenters. The summed E-state index contributed by atoms with van der Waals surface area (Å²) in [6, 6.07) is 14.9. The third kappa shape index (κ3) is 4.06. The minimum absolute atomic E-state index is 0.0398. The van der Waals surface area contributed by atoms with E-state index in [1.165, 1.54) is 4.31 Å². The minimum atomic E-state index is -3.61. The number of para-hydroxylation sites is 1. The van der Waals surface area contributed by atoms with Crippen molar-refractivity contribution in [3.05, 3.63) is 59.7 Å². The molecule has 2 aromatic rings. The third-order valence-electron chi connectivity index (χ3n) is 5.17. The zero-order valence-corrected chi connectivity index (χ0v) is 16.9. The number of aryl methyl sites for hydroxylation is 2. The molecule has 1 heterocycles. The molecule has 0 bridgehead atoms. The summed E-state index contributed by atoms with van der Waals surface area (Å²) < 4.78 is 27.8. The van der Waals surface area contributed by atoms with Crippen molar-refractivity contribution in [1.82, 2.24) is 4.31 Å². The van der Waals surface area contributed by atoms with E-state index in [0.717, 1.165) is 16.8 Å². The highest BCUT2D eigenvalue weighted by molar-refractivity contribution is 7.89. The molecule has 6 heteroatoms. The molecular formula is C21H26N2O3S. The molecule has 2 aromatic carbocycles. The summed E-state index contributed by atoms with van der Waals surface area (Å²) in [7, 11) is -1.86. The van der Waals surface area contributed by atoms with Gasteiger partial charge in [0.05, 0.1) is 10.8 Å². The second kappa shape index (κ2) is 7.82. The monoisotopic (exact) mass is 386 g/mol. The molecule has 0 N–H and O–H groups in total. The van der Waals surface area contributed by atoms with Gasteiger partial charge >= 0.3 is 0 Å². The third-order valence-corrected chi connectivity index (χ3v) is 7.18. The summed E-state index contributed by atoms with van der Waals surface area (Å²) >= 11 is 0. The van der Waals surface area contributed by atoms with Crippen molar-refractivity contribution in [3.63, 3.8) is 0 Å². The van der Waals surface area contributed by atoms with Gasteiger partial charge in [-0.05, 0) is 56.0 Å². The largest absolute Gasteiger partial charge is 0.315 e. The van der Waals surface area contributed by atoms with Crippen molar-refractivity contribution in [2.24, 2.45) is 5.92 Å². The summed E-state index contributed by atoms with van der Waals surface area (Å²) in [4.78, 5) is 14.9. The second-order valence-corrected chi connectivity index (χ2v) is 9.11. The van der Waals surface area contributed by atoms with Gasteiger partial charge in [0.15, 0.2) is 0 Å². The Morgan fingerprint density at radius 3 is 2.52 bits per heavy atom. The predicted octanol–water partition coefficient (Wildman–Crippen LogP) is 3.37. The Kier molecular flexibility index (Phi) is 5.67. The average molecular weight is 387 g/mol. The molecule has 144 valence electrons. The van der Waals surface area contributed by atoms with Gasteiger partial charge in [0.25, 0.3) is 0 Å². The number of hydrogen-bond donors (Lipinski definition) is 0. The molecule has 1 amide bonds. The van der Waals surface area contributed by atoms with Crippen molar-refractivity contribution in [1.29, 1.82) is 0 Å². The van der Waals surface area contributed by atoms with Crippen LogP contribution in [0.5, 0.6) is 0 Å². The number of carbonyl (C=O) groups is 1. The Bertz CT molecular complexity index is 926. The molecular weight excluding hydrogens is 360 g/mol. The molecule has 0 radical (unpaired) electrons. The maximum absolute atomic E-state index is 13.2. The maximum Gasteiger partial charge on any atom is 0.243 e. The fraction of sp³-hybridized carbons (Fsp3) is 0.381. The van der Waals surface area contributed by atoms with Crippen LogP contribution in [0.4, 0.5) is 5.69 Å². The van der Waals surface area contributed by atoms with Gasteiger partial charge in [0, 0.05) is 25.8 Å². The summed E-state index contributed by atoms with van der Waals surface area (Å²) in [5.74, 6) is -0.370. The normalized spacial score (nSPS) is 18.3. The minimum Gasteiger partial charge on any atom is -0.315 e. The number of anilines is 1. The second-order valence-electron chi connectivity index (χ2n) is 7.20. The van der Waals surface area contributed by atoms with Gasteiger partial charge in [0.1, 0.15) is 0 Å². The van der Waals surface area contributed by atoms with Gasteiger partial charge in [-0.2, -0.15) is 4.31 Å². The standard InChI is InChI=1S/C21H26N2O3S/c1-16-11-12-17(2)20(14-16)27(25,26)23-13-7-8-18(15-23)21(24)22(3)19-9-5-4-6-10-19/h4-6,9-12,14,18H,7-8,13,15H2,1-3H3. The van der Waals surface area contributed by atoms with E-state index in [9.17, 15) is 13.2 Å². The van der Waals surface area contributed by atoms with Crippen molar-refractivity contribution >= 4 is 21.6 Å². The fourth-order valence-corrected chi connectivity index (χ4v) is 5.37. The maximum atomic E-state index is 13.2. The first-order valence-electron chi connectivity index (χ1n) is 9.20. The summed E-state index contributed by atoms with van der Waals surface area (Å²) in [5.41, 5.74) is 2.46. The summed E-state index contributed by atoms with van der Waals surface area (Å²) in [5, 5.41) is 0. The van der Waals surface area contributed by atoms with Crippen molar-refractivity contribution in [2.75, 3.05) is 25.0 Å². The van der Waals surface area contributed by atoms with Crippen LogP contribution in [0.1, 0.15) is 24.0 Å². The van der Waals surface area contributed by atoms with E-state index in [4.69, 9.17) is 0 Å².